The maximum Gasteiger partial charge on any atom is 0.341 e. The number of anilines is 1. The minimum Gasteiger partial charge on any atom is -0.550 e. The fourth-order valence-corrected chi connectivity index (χ4v) is 5.42. The Morgan fingerprint density at radius 1 is 1.20 bits per heavy atom. The van der Waals surface area contributed by atoms with Gasteiger partial charge in [0.1, 0.15) is 5.00 Å². The van der Waals surface area contributed by atoms with Crippen molar-refractivity contribution in [2.75, 3.05) is 11.9 Å². The van der Waals surface area contributed by atoms with Crippen molar-refractivity contribution >= 4 is 34.2 Å². The lowest BCUT2D eigenvalue weighted by Gasteiger charge is -2.30. The molecule has 25 heavy (non-hydrogen) atoms. The predicted octanol–water partition coefficient (Wildman–Crippen LogP) is 1.89. The van der Waals surface area contributed by atoms with E-state index in [1.54, 1.807) is 6.92 Å². The number of fused-ring (bicyclic) bond motifs is 2. The maximum atomic E-state index is 12.8. The number of ether oxygens (including phenoxy) is 1. The summed E-state index contributed by atoms with van der Waals surface area (Å²) in [7, 11) is 0. The highest BCUT2D eigenvalue weighted by molar-refractivity contribution is 7.16. The molecule has 4 atom stereocenters. The van der Waals surface area contributed by atoms with Crippen LogP contribution in [0.15, 0.2) is 0 Å². The van der Waals surface area contributed by atoms with E-state index in [-0.39, 0.29) is 24.3 Å². The fourth-order valence-electron chi connectivity index (χ4n) is 4.37. The summed E-state index contributed by atoms with van der Waals surface area (Å²) in [6.07, 6.45) is 2.49. The molecule has 1 N–H and O–H groups in total. The number of carbonyl (C=O) groups is 3. The summed E-state index contributed by atoms with van der Waals surface area (Å²) in [5.74, 6) is -3.13. The highest BCUT2D eigenvalue weighted by Gasteiger charge is 2.51. The van der Waals surface area contributed by atoms with E-state index in [2.05, 4.69) is 5.32 Å². The Morgan fingerprint density at radius 3 is 2.44 bits per heavy atom. The summed E-state index contributed by atoms with van der Waals surface area (Å²) in [5, 5.41) is 14.8. The summed E-state index contributed by atoms with van der Waals surface area (Å²) < 4.78 is 5.09. The highest BCUT2D eigenvalue weighted by Crippen LogP contribution is 2.52. The second-order valence-electron chi connectivity index (χ2n) is 6.90. The van der Waals surface area contributed by atoms with Crippen LogP contribution >= 0.6 is 11.3 Å². The number of hydrogen-bond acceptors (Lipinski definition) is 6. The Balaban J connectivity index is 1.85. The number of nitrogens with one attached hydrogen (secondary N) is 1. The molecule has 0 radical (unpaired) electrons. The Morgan fingerprint density at radius 2 is 1.84 bits per heavy atom. The monoisotopic (exact) mass is 364 g/mol. The largest absolute Gasteiger partial charge is 0.550 e. The van der Waals surface area contributed by atoms with Gasteiger partial charge in [-0.2, -0.15) is 0 Å². The summed E-state index contributed by atoms with van der Waals surface area (Å²) in [5.41, 5.74) is 1.15. The van der Waals surface area contributed by atoms with E-state index >= 15 is 0 Å². The molecule has 2 fully saturated rings. The van der Waals surface area contributed by atoms with Gasteiger partial charge in [-0.05, 0) is 57.4 Å². The molecule has 0 unspecified atom stereocenters. The van der Waals surface area contributed by atoms with E-state index in [9.17, 15) is 19.5 Å². The Hall–Kier alpha value is -1.89. The lowest BCUT2D eigenvalue weighted by Crippen LogP contribution is -2.44. The molecular formula is C18H22NO5S-. The summed E-state index contributed by atoms with van der Waals surface area (Å²) >= 11 is 1.32. The number of hydrogen-bond donors (Lipinski definition) is 1. The van der Waals surface area contributed by atoms with Gasteiger partial charge >= 0.3 is 5.97 Å². The van der Waals surface area contributed by atoms with Gasteiger partial charge < -0.3 is 20.0 Å². The molecular weight excluding hydrogens is 342 g/mol. The first-order valence-corrected chi connectivity index (χ1v) is 9.45. The van der Waals surface area contributed by atoms with E-state index in [0.29, 0.717) is 10.6 Å². The molecule has 2 saturated carbocycles. The third kappa shape index (κ3) is 3.05. The summed E-state index contributed by atoms with van der Waals surface area (Å²) in [4.78, 5) is 37.5. The van der Waals surface area contributed by atoms with Crippen LogP contribution in [0.3, 0.4) is 0 Å². The quantitative estimate of drug-likeness (QED) is 0.805. The molecule has 0 aliphatic heterocycles. The van der Waals surface area contributed by atoms with Crippen LogP contribution in [0.25, 0.3) is 0 Å². The molecule has 2 bridgehead atoms. The average molecular weight is 364 g/mol. The lowest BCUT2D eigenvalue weighted by molar-refractivity contribution is -0.314. The molecule has 0 saturated heterocycles. The van der Waals surface area contributed by atoms with Gasteiger partial charge in [0, 0.05) is 22.7 Å². The molecule has 1 aromatic heterocycles. The number of carboxylic acid groups (broad SMARTS) is 1. The number of amides is 1. The van der Waals surface area contributed by atoms with Gasteiger partial charge in [0.2, 0.25) is 5.91 Å². The van der Waals surface area contributed by atoms with E-state index in [1.807, 2.05) is 13.8 Å². The van der Waals surface area contributed by atoms with Crippen molar-refractivity contribution in [1.29, 1.82) is 0 Å². The fraction of sp³-hybridized carbons (Fsp3) is 0.611. The van der Waals surface area contributed by atoms with E-state index in [0.717, 1.165) is 29.7 Å². The zero-order valence-electron chi connectivity index (χ0n) is 14.6. The molecule has 136 valence electrons. The zero-order chi connectivity index (χ0) is 18.3. The van der Waals surface area contributed by atoms with Crippen molar-refractivity contribution in [3.05, 3.63) is 16.0 Å². The van der Waals surface area contributed by atoms with Crippen molar-refractivity contribution < 1.29 is 24.2 Å². The SMILES string of the molecule is CCOC(=O)c1c(NC(=O)[C@H]2[C@@H]3CC[C@@H](C3)[C@@H]2C(=O)[O-])sc(C)c1C. The third-order valence-corrected chi connectivity index (χ3v) is 6.72. The van der Waals surface area contributed by atoms with E-state index < -0.39 is 23.8 Å². The van der Waals surface area contributed by atoms with Crippen LogP contribution in [0.1, 0.15) is 47.0 Å². The molecule has 2 aliphatic rings. The molecule has 0 spiro atoms. The van der Waals surface area contributed by atoms with Gasteiger partial charge in [-0.15, -0.1) is 11.3 Å². The maximum absolute atomic E-state index is 12.8. The molecule has 1 aromatic rings. The van der Waals surface area contributed by atoms with E-state index in [1.165, 1.54) is 11.3 Å². The van der Waals surface area contributed by atoms with Crippen molar-refractivity contribution in [2.24, 2.45) is 23.7 Å². The van der Waals surface area contributed by atoms with Gasteiger partial charge in [-0.25, -0.2) is 4.79 Å². The minimum atomic E-state index is -1.14. The molecule has 7 heteroatoms. The van der Waals surface area contributed by atoms with Gasteiger partial charge in [0.25, 0.3) is 0 Å². The number of thiophene rings is 1. The third-order valence-electron chi connectivity index (χ3n) is 5.59. The summed E-state index contributed by atoms with van der Waals surface area (Å²) in [6, 6.07) is 0. The van der Waals surface area contributed by atoms with Crippen LogP contribution in [-0.2, 0) is 14.3 Å². The van der Waals surface area contributed by atoms with Gasteiger partial charge in [-0.3, -0.25) is 4.79 Å². The normalized spacial score (nSPS) is 27.3. The number of esters is 1. The van der Waals surface area contributed by atoms with Gasteiger partial charge in [0.05, 0.1) is 12.2 Å². The molecule has 6 nitrogen and oxygen atoms in total. The Labute approximate surface area is 150 Å². The summed E-state index contributed by atoms with van der Waals surface area (Å²) in [6.45, 7) is 5.67. The lowest BCUT2D eigenvalue weighted by atomic mass is 9.79. The predicted molar refractivity (Wildman–Crippen MR) is 91.2 cm³/mol. The van der Waals surface area contributed by atoms with Crippen LogP contribution in [0, 0.1) is 37.5 Å². The number of aliphatic carboxylic acids is 1. The van der Waals surface area contributed by atoms with Crippen LogP contribution in [-0.4, -0.2) is 24.5 Å². The van der Waals surface area contributed by atoms with Crippen molar-refractivity contribution in [3.63, 3.8) is 0 Å². The van der Waals surface area contributed by atoms with Gasteiger partial charge in [0.15, 0.2) is 0 Å². The molecule has 2 aliphatic carbocycles. The van der Waals surface area contributed by atoms with Crippen LogP contribution in [0.2, 0.25) is 0 Å². The van der Waals surface area contributed by atoms with Crippen LogP contribution < -0.4 is 10.4 Å². The number of carbonyl (C=O) groups excluding carboxylic acids is 3. The molecule has 1 heterocycles. The molecule has 3 rings (SSSR count). The number of aryl methyl sites for hydroxylation is 1. The van der Waals surface area contributed by atoms with Gasteiger partial charge in [-0.1, -0.05) is 0 Å². The first-order valence-electron chi connectivity index (χ1n) is 8.63. The second-order valence-corrected chi connectivity index (χ2v) is 8.13. The standard InChI is InChI=1S/C18H23NO5S/c1-4-24-18(23)12-8(2)9(3)25-16(12)19-15(20)13-10-5-6-11(7-10)14(13)17(21)22/h10-11,13-14H,4-7H2,1-3H3,(H,19,20)(H,21,22)/p-1/t10-,11+,13+,14+/m1/s1. The molecule has 0 aromatic carbocycles. The van der Waals surface area contributed by atoms with E-state index in [4.69, 9.17) is 4.74 Å². The molecule has 1 amide bonds. The van der Waals surface area contributed by atoms with Crippen LogP contribution in [0.5, 0.6) is 0 Å². The minimum absolute atomic E-state index is 0.0297. The first kappa shape index (κ1) is 17.9. The average Bonchev–Trinajstić information content (AvgIpc) is 3.21. The number of rotatable bonds is 5. The van der Waals surface area contributed by atoms with Crippen LogP contribution in [0.4, 0.5) is 5.00 Å². The second kappa shape index (κ2) is 6.78. The number of carboxylic acids is 1. The Kier molecular flexibility index (Phi) is 4.86. The van der Waals surface area contributed by atoms with Crippen molar-refractivity contribution in [1.82, 2.24) is 0 Å². The topological polar surface area (TPSA) is 95.5 Å². The smallest absolute Gasteiger partial charge is 0.341 e. The highest BCUT2D eigenvalue weighted by atomic mass is 32.1. The zero-order valence-corrected chi connectivity index (χ0v) is 15.4. The first-order chi connectivity index (χ1) is 11.8. The Bertz CT molecular complexity index is 725. The van der Waals surface area contributed by atoms with Crippen molar-refractivity contribution in [2.45, 2.75) is 40.0 Å². The van der Waals surface area contributed by atoms with Crippen molar-refractivity contribution in [3.8, 4) is 0 Å².